The molecule has 2 aromatic heterocycles. The Labute approximate surface area is 165 Å². The van der Waals surface area contributed by atoms with Gasteiger partial charge in [-0.15, -0.1) is 5.10 Å². The normalized spacial score (nSPS) is 10.9. The number of nitrogen functional groups attached to an aromatic ring is 1. The highest BCUT2D eigenvalue weighted by atomic mass is 32.2. The smallest absolute Gasteiger partial charge is 0.255 e. The fourth-order valence-electron chi connectivity index (χ4n) is 2.78. The molecule has 28 heavy (non-hydrogen) atoms. The molecule has 0 atom stereocenters. The topological polar surface area (TPSA) is 110 Å². The number of aromatic nitrogens is 4. The lowest BCUT2D eigenvalue weighted by molar-refractivity contribution is 0.102. The van der Waals surface area contributed by atoms with E-state index in [1.54, 1.807) is 6.07 Å². The van der Waals surface area contributed by atoms with E-state index in [4.69, 9.17) is 5.73 Å². The van der Waals surface area contributed by atoms with E-state index in [2.05, 4.69) is 25.5 Å². The number of aryl methyl sites for hydroxylation is 1. The number of aromatic amines is 1. The molecule has 0 saturated carbocycles. The monoisotopic (exact) mass is 390 g/mol. The first-order chi connectivity index (χ1) is 13.6. The second-order valence-electron chi connectivity index (χ2n) is 6.31. The Morgan fingerprint density at radius 1 is 1.14 bits per heavy atom. The summed E-state index contributed by atoms with van der Waals surface area (Å²) in [5, 5.41) is 11.1. The molecule has 7 nitrogen and oxygen atoms in total. The molecule has 0 spiro atoms. The molecule has 0 aliphatic rings. The van der Waals surface area contributed by atoms with Crippen molar-refractivity contribution in [3.63, 3.8) is 0 Å². The average Bonchev–Trinajstić information content (AvgIpc) is 3.12. The molecule has 0 unspecified atom stereocenters. The van der Waals surface area contributed by atoms with E-state index < -0.39 is 0 Å². The fourth-order valence-corrected chi connectivity index (χ4v) is 3.53. The number of thioether (sulfide) groups is 1. The van der Waals surface area contributed by atoms with Gasteiger partial charge in [0.1, 0.15) is 0 Å². The Morgan fingerprint density at radius 3 is 2.86 bits per heavy atom. The highest BCUT2D eigenvalue weighted by Gasteiger charge is 2.09. The highest BCUT2D eigenvalue weighted by Crippen LogP contribution is 2.21. The molecule has 0 aliphatic carbocycles. The van der Waals surface area contributed by atoms with E-state index >= 15 is 0 Å². The molecule has 1 amide bonds. The third-order valence-electron chi connectivity index (χ3n) is 4.13. The van der Waals surface area contributed by atoms with Crippen molar-refractivity contribution in [3.05, 3.63) is 71.4 Å². The Bertz CT molecular complexity index is 1160. The van der Waals surface area contributed by atoms with E-state index in [1.165, 1.54) is 11.8 Å². The van der Waals surface area contributed by atoms with Crippen molar-refractivity contribution >= 4 is 40.2 Å². The molecule has 0 saturated heterocycles. The van der Waals surface area contributed by atoms with Gasteiger partial charge in [0.15, 0.2) is 0 Å². The van der Waals surface area contributed by atoms with Crippen molar-refractivity contribution in [3.8, 4) is 0 Å². The third kappa shape index (κ3) is 4.12. The molecule has 0 bridgehead atoms. The lowest BCUT2D eigenvalue weighted by atomic mass is 10.1. The summed E-state index contributed by atoms with van der Waals surface area (Å²) in [7, 11) is 0. The summed E-state index contributed by atoms with van der Waals surface area (Å²) in [6.07, 6.45) is 0. The Morgan fingerprint density at radius 2 is 2.04 bits per heavy atom. The molecular weight excluding hydrogens is 372 g/mol. The molecule has 0 fully saturated rings. The lowest BCUT2D eigenvalue weighted by Gasteiger charge is -2.08. The minimum Gasteiger partial charge on any atom is -0.368 e. The predicted molar refractivity (Wildman–Crippen MR) is 111 cm³/mol. The van der Waals surface area contributed by atoms with Crippen LogP contribution in [0.4, 0.5) is 11.6 Å². The van der Waals surface area contributed by atoms with Gasteiger partial charge < -0.3 is 11.1 Å². The van der Waals surface area contributed by atoms with Crippen LogP contribution in [0.2, 0.25) is 0 Å². The van der Waals surface area contributed by atoms with Crippen LogP contribution in [-0.2, 0) is 5.75 Å². The van der Waals surface area contributed by atoms with Gasteiger partial charge in [0, 0.05) is 28.1 Å². The second-order valence-corrected chi connectivity index (χ2v) is 7.25. The van der Waals surface area contributed by atoms with Crippen molar-refractivity contribution in [1.29, 1.82) is 0 Å². The molecule has 2 heterocycles. The molecule has 4 aromatic rings. The molecular formula is C20H18N6OS. The molecule has 4 N–H and O–H groups in total. The number of nitrogens with one attached hydrogen (secondary N) is 2. The number of carbonyl (C=O) groups excluding carboxylic acids is 1. The maximum Gasteiger partial charge on any atom is 0.255 e. The van der Waals surface area contributed by atoms with Gasteiger partial charge in [-0.2, -0.15) is 4.98 Å². The van der Waals surface area contributed by atoms with Gasteiger partial charge in [0.2, 0.25) is 11.1 Å². The summed E-state index contributed by atoms with van der Waals surface area (Å²) < 4.78 is 0. The van der Waals surface area contributed by atoms with Crippen LogP contribution in [0, 0.1) is 6.92 Å². The highest BCUT2D eigenvalue weighted by molar-refractivity contribution is 7.98. The van der Waals surface area contributed by atoms with Gasteiger partial charge in [-0.25, -0.2) is 5.10 Å². The lowest BCUT2D eigenvalue weighted by Crippen LogP contribution is -2.12. The van der Waals surface area contributed by atoms with Crippen LogP contribution in [0.25, 0.3) is 10.9 Å². The van der Waals surface area contributed by atoms with Crippen LogP contribution in [0.3, 0.4) is 0 Å². The number of anilines is 2. The summed E-state index contributed by atoms with van der Waals surface area (Å²) in [6, 6.07) is 17.1. The Kier molecular flexibility index (Phi) is 4.94. The van der Waals surface area contributed by atoms with Crippen molar-refractivity contribution in [2.45, 2.75) is 17.8 Å². The van der Waals surface area contributed by atoms with E-state index in [9.17, 15) is 4.79 Å². The van der Waals surface area contributed by atoms with Gasteiger partial charge >= 0.3 is 0 Å². The number of nitrogens with zero attached hydrogens (tertiary/aromatic N) is 3. The summed E-state index contributed by atoms with van der Waals surface area (Å²) >= 11 is 1.45. The number of nitrogens with two attached hydrogens (primary N) is 1. The first-order valence-corrected chi connectivity index (χ1v) is 9.64. The maximum atomic E-state index is 12.7. The Balaban J connectivity index is 1.46. The quantitative estimate of drug-likeness (QED) is 0.447. The SMILES string of the molecule is Cc1ccc2cc(NC(=O)c3cccc(CSc4n[nH]c(N)n4)c3)ccc2n1. The van der Waals surface area contributed by atoms with Gasteiger partial charge in [-0.05, 0) is 48.9 Å². The standard InChI is InChI=1S/C20H18N6OS/c1-12-5-6-14-10-16(7-8-17(14)22-12)23-18(27)15-4-2-3-13(9-15)11-28-20-24-19(21)25-26-20/h2-10H,11H2,1H3,(H,23,27)(H3,21,24,25,26). The number of pyridine rings is 1. The number of amides is 1. The van der Waals surface area contributed by atoms with Crippen molar-refractivity contribution in [2.24, 2.45) is 0 Å². The van der Waals surface area contributed by atoms with Crippen LogP contribution in [0.15, 0.2) is 59.8 Å². The predicted octanol–water partition coefficient (Wildman–Crippen LogP) is 3.79. The first-order valence-electron chi connectivity index (χ1n) is 8.65. The minimum absolute atomic E-state index is 0.159. The van der Waals surface area contributed by atoms with E-state index in [1.807, 2.05) is 55.5 Å². The van der Waals surface area contributed by atoms with E-state index in [0.717, 1.165) is 27.8 Å². The first kappa shape index (κ1) is 18.0. The molecule has 0 radical (unpaired) electrons. The number of hydrogen-bond donors (Lipinski definition) is 3. The van der Waals surface area contributed by atoms with Crippen molar-refractivity contribution < 1.29 is 4.79 Å². The van der Waals surface area contributed by atoms with Crippen LogP contribution >= 0.6 is 11.8 Å². The van der Waals surface area contributed by atoms with Crippen molar-refractivity contribution in [2.75, 3.05) is 11.1 Å². The number of benzene rings is 2. The summed E-state index contributed by atoms with van der Waals surface area (Å²) in [4.78, 5) is 21.2. The van der Waals surface area contributed by atoms with Gasteiger partial charge in [-0.1, -0.05) is 30.0 Å². The third-order valence-corrected chi connectivity index (χ3v) is 5.04. The molecule has 8 heteroatoms. The Hall–Kier alpha value is -3.39. The summed E-state index contributed by atoms with van der Waals surface area (Å²) in [5.41, 5.74) is 9.73. The number of carbonyl (C=O) groups is 1. The van der Waals surface area contributed by atoms with Crippen molar-refractivity contribution in [1.82, 2.24) is 20.2 Å². The zero-order chi connectivity index (χ0) is 19.5. The number of hydrogen-bond acceptors (Lipinski definition) is 6. The molecule has 4 rings (SSSR count). The number of rotatable bonds is 5. The molecule has 140 valence electrons. The average molecular weight is 390 g/mol. The second kappa shape index (κ2) is 7.69. The van der Waals surface area contributed by atoms with Crippen LogP contribution in [-0.4, -0.2) is 26.1 Å². The van der Waals surface area contributed by atoms with Gasteiger partial charge in [0.05, 0.1) is 5.52 Å². The van der Waals surface area contributed by atoms with Gasteiger partial charge in [-0.3, -0.25) is 9.78 Å². The van der Waals surface area contributed by atoms with Crippen LogP contribution < -0.4 is 11.1 Å². The van der Waals surface area contributed by atoms with E-state index in [-0.39, 0.29) is 11.9 Å². The van der Waals surface area contributed by atoms with Gasteiger partial charge in [0.25, 0.3) is 5.91 Å². The number of H-pyrrole nitrogens is 1. The number of fused-ring (bicyclic) bond motifs is 1. The fraction of sp³-hybridized carbons (Fsp3) is 0.100. The minimum atomic E-state index is -0.159. The summed E-state index contributed by atoms with van der Waals surface area (Å²) in [6.45, 7) is 1.96. The van der Waals surface area contributed by atoms with Crippen LogP contribution in [0.5, 0.6) is 0 Å². The largest absolute Gasteiger partial charge is 0.368 e. The maximum absolute atomic E-state index is 12.7. The molecule has 0 aliphatic heterocycles. The summed E-state index contributed by atoms with van der Waals surface area (Å²) in [5.74, 6) is 0.768. The zero-order valence-electron chi connectivity index (χ0n) is 15.1. The zero-order valence-corrected chi connectivity index (χ0v) is 16.0. The van der Waals surface area contributed by atoms with E-state index in [0.29, 0.717) is 16.5 Å². The van der Waals surface area contributed by atoms with Crippen LogP contribution in [0.1, 0.15) is 21.6 Å². The molecule has 2 aromatic carbocycles.